The zero-order valence-corrected chi connectivity index (χ0v) is 15.0. The fourth-order valence-corrected chi connectivity index (χ4v) is 3.01. The molecule has 3 rings (SSSR count). The molecule has 1 unspecified atom stereocenters. The number of halogens is 1. The normalized spacial score (nSPS) is 18.4. The number of aryl methyl sites for hydroxylation is 1. The molecule has 0 saturated heterocycles. The van der Waals surface area contributed by atoms with Crippen LogP contribution < -0.4 is 15.4 Å². The van der Waals surface area contributed by atoms with Crippen molar-refractivity contribution in [3.63, 3.8) is 0 Å². The maximum absolute atomic E-state index is 12.1. The van der Waals surface area contributed by atoms with Crippen LogP contribution in [0.25, 0.3) is 0 Å². The van der Waals surface area contributed by atoms with Gasteiger partial charge in [0.1, 0.15) is 11.4 Å². The number of ether oxygens (including phenoxy) is 1. The van der Waals surface area contributed by atoms with Gasteiger partial charge in [0.15, 0.2) is 0 Å². The van der Waals surface area contributed by atoms with Gasteiger partial charge in [-0.15, -0.1) is 0 Å². The highest BCUT2D eigenvalue weighted by Gasteiger charge is 2.36. The molecule has 0 saturated carbocycles. The lowest BCUT2D eigenvalue weighted by atomic mass is 9.88. The molecule has 0 bridgehead atoms. The molecule has 26 heavy (non-hydrogen) atoms. The van der Waals surface area contributed by atoms with Crippen molar-refractivity contribution in [3.8, 4) is 5.75 Å². The maximum Gasteiger partial charge on any atom is 0.313 e. The van der Waals surface area contributed by atoms with Crippen LogP contribution in [0, 0.1) is 6.92 Å². The molecule has 1 atom stereocenters. The summed E-state index contributed by atoms with van der Waals surface area (Å²) in [7, 11) is 0. The lowest BCUT2D eigenvalue weighted by molar-refractivity contribution is -0.137. The van der Waals surface area contributed by atoms with Crippen LogP contribution in [0.5, 0.6) is 5.75 Å². The second-order valence-corrected chi connectivity index (χ2v) is 6.66. The molecule has 0 radical (unpaired) electrons. The molecule has 2 aromatic carbocycles. The van der Waals surface area contributed by atoms with Crippen molar-refractivity contribution in [3.05, 3.63) is 58.6 Å². The number of aliphatic hydroxyl groups is 1. The van der Waals surface area contributed by atoms with Crippen LogP contribution in [-0.2, 0) is 15.2 Å². The Morgan fingerprint density at radius 2 is 2.00 bits per heavy atom. The number of amides is 2. The first-order chi connectivity index (χ1) is 12.4. The van der Waals surface area contributed by atoms with E-state index in [-0.39, 0.29) is 6.54 Å². The molecule has 1 aliphatic heterocycles. The zero-order chi connectivity index (χ0) is 18.7. The highest BCUT2D eigenvalue weighted by Crippen LogP contribution is 2.36. The molecular formula is C19H19ClN2O4. The fourth-order valence-electron chi connectivity index (χ4n) is 2.84. The van der Waals surface area contributed by atoms with Crippen molar-refractivity contribution in [2.75, 3.05) is 18.5 Å². The molecule has 2 aromatic rings. The Hall–Kier alpha value is -2.57. The summed E-state index contributed by atoms with van der Waals surface area (Å²) in [5.74, 6) is -1.07. The van der Waals surface area contributed by atoms with Gasteiger partial charge in [-0.1, -0.05) is 35.9 Å². The summed E-state index contributed by atoms with van der Waals surface area (Å²) in [5.41, 5.74) is 0.564. The third kappa shape index (κ3) is 3.81. The molecule has 136 valence electrons. The van der Waals surface area contributed by atoms with Crippen molar-refractivity contribution in [1.29, 1.82) is 0 Å². The standard InChI is InChI=1S/C19H19ClN2O4/c1-12-6-7-13(20)10-15(12)22-18(24)17(23)21-11-19(25)8-9-26-16-5-3-2-4-14(16)19/h2-7,10,25H,8-9,11H2,1H3,(H,21,23)(H,22,24). The first kappa shape index (κ1) is 18.2. The lowest BCUT2D eigenvalue weighted by Gasteiger charge is -2.34. The summed E-state index contributed by atoms with van der Waals surface area (Å²) >= 11 is 5.91. The first-order valence-corrected chi connectivity index (χ1v) is 8.57. The van der Waals surface area contributed by atoms with Crippen LogP contribution in [0.3, 0.4) is 0 Å². The Balaban J connectivity index is 1.65. The van der Waals surface area contributed by atoms with Crippen molar-refractivity contribution < 1.29 is 19.4 Å². The Bertz CT molecular complexity index is 855. The molecule has 2 amide bonds. The minimum absolute atomic E-state index is 0.0891. The third-order valence-electron chi connectivity index (χ3n) is 4.36. The predicted molar refractivity (Wildman–Crippen MR) is 98.3 cm³/mol. The van der Waals surface area contributed by atoms with E-state index in [0.29, 0.717) is 35.1 Å². The van der Waals surface area contributed by atoms with Gasteiger partial charge in [-0.05, 0) is 30.7 Å². The Labute approximate surface area is 156 Å². The SMILES string of the molecule is Cc1ccc(Cl)cc1NC(=O)C(=O)NCC1(O)CCOc2ccccc21. The molecule has 0 aromatic heterocycles. The van der Waals surface area contributed by atoms with E-state index in [2.05, 4.69) is 10.6 Å². The summed E-state index contributed by atoms with van der Waals surface area (Å²) < 4.78 is 5.51. The van der Waals surface area contributed by atoms with E-state index in [0.717, 1.165) is 5.56 Å². The summed E-state index contributed by atoms with van der Waals surface area (Å²) in [4.78, 5) is 24.3. The van der Waals surface area contributed by atoms with Crippen LogP contribution in [-0.4, -0.2) is 30.1 Å². The number of anilines is 1. The van der Waals surface area contributed by atoms with Crippen molar-refractivity contribution in [1.82, 2.24) is 5.32 Å². The van der Waals surface area contributed by atoms with E-state index in [4.69, 9.17) is 16.3 Å². The Morgan fingerprint density at radius 1 is 1.23 bits per heavy atom. The summed E-state index contributed by atoms with van der Waals surface area (Å²) in [6.07, 6.45) is 0.319. The van der Waals surface area contributed by atoms with Gasteiger partial charge in [-0.25, -0.2) is 0 Å². The third-order valence-corrected chi connectivity index (χ3v) is 4.59. The Kier molecular flexibility index (Phi) is 5.15. The van der Waals surface area contributed by atoms with Crippen LogP contribution in [0.1, 0.15) is 17.5 Å². The van der Waals surface area contributed by atoms with Crippen LogP contribution >= 0.6 is 11.6 Å². The number of benzene rings is 2. The summed E-state index contributed by atoms with van der Waals surface area (Å²) in [6, 6.07) is 12.1. The zero-order valence-electron chi connectivity index (χ0n) is 14.2. The monoisotopic (exact) mass is 374 g/mol. The van der Waals surface area contributed by atoms with Crippen LogP contribution in [0.4, 0.5) is 5.69 Å². The highest BCUT2D eigenvalue weighted by molar-refractivity contribution is 6.40. The minimum atomic E-state index is -1.28. The largest absolute Gasteiger partial charge is 0.493 e. The molecule has 7 heteroatoms. The van der Waals surface area contributed by atoms with Gasteiger partial charge in [0.05, 0.1) is 13.2 Å². The lowest BCUT2D eigenvalue weighted by Crippen LogP contribution is -2.46. The van der Waals surface area contributed by atoms with Crippen LogP contribution in [0.2, 0.25) is 5.02 Å². The number of para-hydroxylation sites is 1. The number of carbonyl (C=O) groups is 2. The van der Waals surface area contributed by atoms with E-state index < -0.39 is 17.4 Å². The van der Waals surface area contributed by atoms with Crippen LogP contribution in [0.15, 0.2) is 42.5 Å². The van der Waals surface area contributed by atoms with Gasteiger partial charge in [0, 0.05) is 22.7 Å². The average molecular weight is 375 g/mol. The van der Waals surface area contributed by atoms with Gasteiger partial charge in [0.25, 0.3) is 0 Å². The topological polar surface area (TPSA) is 87.7 Å². The van der Waals surface area contributed by atoms with Crippen molar-refractivity contribution in [2.24, 2.45) is 0 Å². The highest BCUT2D eigenvalue weighted by atomic mass is 35.5. The van der Waals surface area contributed by atoms with E-state index >= 15 is 0 Å². The number of rotatable bonds is 3. The second kappa shape index (κ2) is 7.35. The van der Waals surface area contributed by atoms with E-state index in [1.807, 2.05) is 6.07 Å². The van der Waals surface area contributed by atoms with Gasteiger partial charge < -0.3 is 20.5 Å². The summed E-state index contributed by atoms with van der Waals surface area (Å²) in [5, 5.41) is 16.4. The maximum atomic E-state index is 12.1. The van der Waals surface area contributed by atoms with E-state index in [9.17, 15) is 14.7 Å². The van der Waals surface area contributed by atoms with Crippen molar-refractivity contribution >= 4 is 29.1 Å². The minimum Gasteiger partial charge on any atom is -0.493 e. The first-order valence-electron chi connectivity index (χ1n) is 8.19. The van der Waals surface area contributed by atoms with E-state index in [1.54, 1.807) is 43.3 Å². The molecule has 0 spiro atoms. The number of carbonyl (C=O) groups excluding carboxylic acids is 2. The summed E-state index contributed by atoms with van der Waals surface area (Å²) in [6.45, 7) is 2.04. The molecule has 0 aliphatic carbocycles. The molecule has 0 fully saturated rings. The predicted octanol–water partition coefficient (Wildman–Crippen LogP) is 2.37. The Morgan fingerprint density at radius 3 is 2.81 bits per heavy atom. The number of hydrogen-bond acceptors (Lipinski definition) is 4. The van der Waals surface area contributed by atoms with Gasteiger partial charge >= 0.3 is 11.8 Å². The molecular weight excluding hydrogens is 356 g/mol. The smallest absolute Gasteiger partial charge is 0.313 e. The number of fused-ring (bicyclic) bond motifs is 1. The van der Waals surface area contributed by atoms with Crippen molar-refractivity contribution in [2.45, 2.75) is 18.9 Å². The number of nitrogens with one attached hydrogen (secondary N) is 2. The number of hydrogen-bond donors (Lipinski definition) is 3. The average Bonchev–Trinajstić information content (AvgIpc) is 2.63. The van der Waals surface area contributed by atoms with E-state index in [1.165, 1.54) is 0 Å². The molecule has 3 N–H and O–H groups in total. The second-order valence-electron chi connectivity index (χ2n) is 6.22. The quantitative estimate of drug-likeness (QED) is 0.720. The van der Waals surface area contributed by atoms with Gasteiger partial charge in [-0.3, -0.25) is 9.59 Å². The van der Waals surface area contributed by atoms with Gasteiger partial charge in [0.2, 0.25) is 0 Å². The molecule has 6 nitrogen and oxygen atoms in total. The van der Waals surface area contributed by atoms with Gasteiger partial charge in [-0.2, -0.15) is 0 Å². The fraction of sp³-hybridized carbons (Fsp3) is 0.263. The molecule has 1 aliphatic rings. The molecule has 1 heterocycles.